The van der Waals surface area contributed by atoms with E-state index in [1.54, 1.807) is 36.5 Å². The van der Waals surface area contributed by atoms with Crippen LogP contribution in [0.1, 0.15) is 30.6 Å². The van der Waals surface area contributed by atoms with E-state index < -0.39 is 0 Å². The van der Waals surface area contributed by atoms with Gasteiger partial charge in [0, 0.05) is 49.3 Å². The van der Waals surface area contributed by atoms with Crippen molar-refractivity contribution in [1.82, 2.24) is 15.2 Å². The summed E-state index contributed by atoms with van der Waals surface area (Å²) in [4.78, 5) is 31.2. The van der Waals surface area contributed by atoms with E-state index >= 15 is 0 Å². The maximum atomic E-state index is 12.5. The number of carbonyl (C=O) groups excluding carboxylic acids is 2. The number of nitrogens with one attached hydrogen (secondary N) is 3. The number of ether oxygens (including phenoxy) is 2. The van der Waals surface area contributed by atoms with E-state index in [1.807, 2.05) is 0 Å². The molecular weight excluding hydrogens is 410 g/mol. The van der Waals surface area contributed by atoms with Gasteiger partial charge in [-0.1, -0.05) is 6.92 Å². The van der Waals surface area contributed by atoms with Crippen LogP contribution in [-0.4, -0.2) is 67.3 Å². The predicted octanol–water partition coefficient (Wildman–Crippen LogP) is 2.96. The number of urea groups is 1. The number of hydrogen-bond donors (Lipinski definition) is 3. The van der Waals surface area contributed by atoms with Crippen LogP contribution >= 0.6 is 0 Å². The fourth-order valence-corrected chi connectivity index (χ4v) is 3.57. The largest absolute Gasteiger partial charge is 0.494 e. The first kappa shape index (κ1) is 23.5. The van der Waals surface area contributed by atoms with Crippen LogP contribution in [0.2, 0.25) is 0 Å². The number of benzene rings is 1. The summed E-state index contributed by atoms with van der Waals surface area (Å²) in [7, 11) is 1.51. The molecule has 9 nitrogen and oxygen atoms in total. The van der Waals surface area contributed by atoms with Crippen LogP contribution in [0.5, 0.6) is 5.75 Å². The molecule has 1 aromatic carbocycles. The molecule has 1 aliphatic rings. The second-order valence-corrected chi connectivity index (χ2v) is 7.87. The number of morpholine rings is 1. The molecule has 0 aliphatic carbocycles. The summed E-state index contributed by atoms with van der Waals surface area (Å²) in [6, 6.07) is 8.14. The fourth-order valence-electron chi connectivity index (χ4n) is 3.57. The molecule has 0 saturated carbocycles. The van der Waals surface area contributed by atoms with Crippen LogP contribution < -0.4 is 20.7 Å². The average Bonchev–Trinajstić information content (AvgIpc) is 2.84. The predicted molar refractivity (Wildman–Crippen MR) is 123 cm³/mol. The van der Waals surface area contributed by atoms with Gasteiger partial charge in [-0.3, -0.25) is 14.7 Å². The molecule has 3 amide bonds. The summed E-state index contributed by atoms with van der Waals surface area (Å²) in [6.45, 7) is 7.94. The summed E-state index contributed by atoms with van der Waals surface area (Å²) < 4.78 is 10.8. The van der Waals surface area contributed by atoms with E-state index in [9.17, 15) is 9.59 Å². The molecular formula is C23H31N5O4. The summed E-state index contributed by atoms with van der Waals surface area (Å²) in [6.07, 6.45) is 4.00. The Balaban J connectivity index is 1.59. The molecule has 1 fully saturated rings. The average molecular weight is 442 g/mol. The minimum Gasteiger partial charge on any atom is -0.494 e. The number of amides is 3. The van der Waals surface area contributed by atoms with Crippen LogP contribution in [0, 0.1) is 0 Å². The lowest BCUT2D eigenvalue weighted by Gasteiger charge is -2.43. The van der Waals surface area contributed by atoms with E-state index in [4.69, 9.17) is 9.47 Å². The molecule has 1 aliphatic heterocycles. The van der Waals surface area contributed by atoms with E-state index in [1.165, 1.54) is 13.3 Å². The lowest BCUT2D eigenvalue weighted by Crippen LogP contribution is -2.57. The van der Waals surface area contributed by atoms with Gasteiger partial charge in [0.15, 0.2) is 0 Å². The summed E-state index contributed by atoms with van der Waals surface area (Å²) in [5.41, 5.74) is 1.36. The van der Waals surface area contributed by atoms with Crippen LogP contribution in [0.25, 0.3) is 0 Å². The maximum Gasteiger partial charge on any atom is 0.319 e. The highest BCUT2D eigenvalue weighted by Gasteiger charge is 2.31. The van der Waals surface area contributed by atoms with Crippen molar-refractivity contribution >= 4 is 23.3 Å². The molecule has 1 saturated heterocycles. The Labute approximate surface area is 188 Å². The normalized spacial score (nSPS) is 16.0. The third-order valence-corrected chi connectivity index (χ3v) is 5.80. The highest BCUT2D eigenvalue weighted by Crippen LogP contribution is 2.28. The highest BCUT2D eigenvalue weighted by atomic mass is 16.5. The van der Waals surface area contributed by atoms with Crippen molar-refractivity contribution in [1.29, 1.82) is 0 Å². The van der Waals surface area contributed by atoms with Gasteiger partial charge in [-0.05, 0) is 37.6 Å². The molecule has 2 aromatic rings. The van der Waals surface area contributed by atoms with Gasteiger partial charge >= 0.3 is 6.03 Å². The van der Waals surface area contributed by atoms with Gasteiger partial charge in [0.2, 0.25) is 0 Å². The Morgan fingerprint density at radius 3 is 2.66 bits per heavy atom. The van der Waals surface area contributed by atoms with Gasteiger partial charge in [0.05, 0.1) is 31.6 Å². The van der Waals surface area contributed by atoms with Crippen LogP contribution in [0.4, 0.5) is 16.2 Å². The minimum absolute atomic E-state index is 0.140. The number of nitrogens with zero attached hydrogens (tertiary/aromatic N) is 2. The third kappa shape index (κ3) is 5.95. The Kier molecular flexibility index (Phi) is 8.02. The molecule has 172 valence electrons. The molecule has 0 radical (unpaired) electrons. The number of hydrogen-bond acceptors (Lipinski definition) is 6. The van der Waals surface area contributed by atoms with Crippen molar-refractivity contribution in [2.75, 3.05) is 50.6 Å². The number of rotatable bonds is 8. The van der Waals surface area contributed by atoms with Gasteiger partial charge < -0.3 is 25.4 Å². The monoisotopic (exact) mass is 441 g/mol. The lowest BCUT2D eigenvalue weighted by atomic mass is 9.95. The summed E-state index contributed by atoms with van der Waals surface area (Å²) in [5, 5.41) is 8.61. The highest BCUT2D eigenvalue weighted by molar-refractivity contribution is 6.05. The maximum absolute atomic E-state index is 12.5. The number of carbonyl (C=O) groups is 2. The second-order valence-electron chi connectivity index (χ2n) is 7.87. The first-order valence-electron chi connectivity index (χ1n) is 10.7. The van der Waals surface area contributed by atoms with Crippen molar-refractivity contribution in [2.24, 2.45) is 0 Å². The van der Waals surface area contributed by atoms with Crippen molar-refractivity contribution in [3.63, 3.8) is 0 Å². The molecule has 9 heteroatoms. The fraction of sp³-hybridized carbons (Fsp3) is 0.435. The minimum atomic E-state index is -0.299. The molecule has 3 N–H and O–H groups in total. The van der Waals surface area contributed by atoms with Crippen molar-refractivity contribution in [3.05, 3.63) is 48.3 Å². The van der Waals surface area contributed by atoms with Gasteiger partial charge in [-0.25, -0.2) is 4.79 Å². The van der Waals surface area contributed by atoms with Crippen LogP contribution in [0.15, 0.2) is 42.7 Å². The van der Waals surface area contributed by atoms with Gasteiger partial charge in [0.1, 0.15) is 5.75 Å². The zero-order chi connectivity index (χ0) is 23.0. The Hall–Kier alpha value is -3.17. The lowest BCUT2D eigenvalue weighted by molar-refractivity contribution is -0.0163. The number of pyridine rings is 1. The Morgan fingerprint density at radius 1 is 1.22 bits per heavy atom. The number of methoxy groups -OCH3 is 1. The van der Waals surface area contributed by atoms with E-state index in [-0.39, 0.29) is 17.5 Å². The van der Waals surface area contributed by atoms with E-state index in [0.717, 1.165) is 19.5 Å². The van der Waals surface area contributed by atoms with E-state index in [2.05, 4.69) is 39.7 Å². The molecule has 1 aromatic heterocycles. The smallest absolute Gasteiger partial charge is 0.319 e. The molecule has 1 atom stereocenters. The standard InChI is InChI=1S/C23H31N5O4/c1-4-23(2,28-10-12-32-13-11-28)16-25-22(30)26-18-7-8-19(20(14-18)31-3)27-21(29)17-6-5-9-24-15-17/h5-9,14-15H,4,10-13,16H2,1-3H3,(H,27,29)(H2,25,26,30). The Bertz CT molecular complexity index is 918. The zero-order valence-corrected chi connectivity index (χ0v) is 18.8. The number of aromatic nitrogens is 1. The van der Waals surface area contributed by atoms with E-state index in [0.29, 0.717) is 42.4 Å². The van der Waals surface area contributed by atoms with Crippen LogP contribution in [-0.2, 0) is 4.74 Å². The second kappa shape index (κ2) is 10.9. The van der Waals surface area contributed by atoms with Gasteiger partial charge in [-0.2, -0.15) is 0 Å². The summed E-state index contributed by atoms with van der Waals surface area (Å²) >= 11 is 0. The van der Waals surface area contributed by atoms with Gasteiger partial charge in [-0.15, -0.1) is 0 Å². The molecule has 32 heavy (non-hydrogen) atoms. The number of anilines is 2. The molecule has 3 rings (SSSR count). The quantitative estimate of drug-likeness (QED) is 0.582. The third-order valence-electron chi connectivity index (χ3n) is 5.80. The summed E-state index contributed by atoms with van der Waals surface area (Å²) in [5.74, 6) is 0.142. The molecule has 0 spiro atoms. The van der Waals surface area contributed by atoms with Crippen LogP contribution in [0.3, 0.4) is 0 Å². The molecule has 2 heterocycles. The molecule has 1 unspecified atom stereocenters. The zero-order valence-electron chi connectivity index (χ0n) is 18.8. The van der Waals surface area contributed by atoms with Crippen molar-refractivity contribution < 1.29 is 19.1 Å². The van der Waals surface area contributed by atoms with Crippen molar-refractivity contribution in [2.45, 2.75) is 25.8 Å². The van der Waals surface area contributed by atoms with Crippen molar-refractivity contribution in [3.8, 4) is 5.75 Å². The molecule has 0 bridgehead atoms. The van der Waals surface area contributed by atoms with Gasteiger partial charge in [0.25, 0.3) is 5.91 Å². The SMILES string of the molecule is CCC(C)(CNC(=O)Nc1ccc(NC(=O)c2cccnc2)c(OC)c1)N1CCOCC1. The topological polar surface area (TPSA) is 105 Å². The first-order valence-corrected chi connectivity index (χ1v) is 10.7. The Morgan fingerprint density at radius 2 is 2.00 bits per heavy atom. The first-order chi connectivity index (χ1) is 15.4.